The average molecular weight is 227 g/mol. The molecule has 2 atom stereocenters. The number of allylic oxidation sites excluding steroid dienone is 2. The van der Waals surface area contributed by atoms with E-state index in [1.165, 1.54) is 6.20 Å². The fraction of sp³-hybridized carbons (Fsp3) is 0.308. The van der Waals surface area contributed by atoms with Crippen LogP contribution in [0.5, 0.6) is 0 Å². The summed E-state index contributed by atoms with van der Waals surface area (Å²) in [6.07, 6.45) is 9.66. The fourth-order valence-corrected chi connectivity index (χ4v) is 2.35. The number of fused-ring (bicyclic) bond motifs is 1. The Morgan fingerprint density at radius 1 is 1.53 bits per heavy atom. The lowest BCUT2D eigenvalue weighted by Crippen LogP contribution is -2.35. The number of hydrogen-bond acceptors (Lipinski definition) is 3. The smallest absolute Gasteiger partial charge is 0.267 e. The predicted octanol–water partition coefficient (Wildman–Crippen LogP) is 1.76. The molecule has 1 N–H and O–H groups in total. The molecule has 1 aromatic heterocycles. The molecule has 1 fully saturated rings. The highest BCUT2D eigenvalue weighted by molar-refractivity contribution is 5.97. The SMILES string of the molecule is O=C(N/N=C1\C[C@@H]2C=CC[C@H]12)c1cccnc1. The third-order valence-corrected chi connectivity index (χ3v) is 3.39. The second-order valence-electron chi connectivity index (χ2n) is 4.42. The Kier molecular flexibility index (Phi) is 2.48. The number of carbonyl (C=O) groups excluding carboxylic acids is 1. The van der Waals surface area contributed by atoms with E-state index in [4.69, 9.17) is 0 Å². The fourth-order valence-electron chi connectivity index (χ4n) is 2.35. The van der Waals surface area contributed by atoms with Gasteiger partial charge in [-0.25, -0.2) is 5.43 Å². The maximum Gasteiger partial charge on any atom is 0.272 e. The van der Waals surface area contributed by atoms with Crippen molar-refractivity contribution in [3.63, 3.8) is 0 Å². The molecule has 1 amide bonds. The zero-order valence-electron chi connectivity index (χ0n) is 9.34. The van der Waals surface area contributed by atoms with Gasteiger partial charge < -0.3 is 0 Å². The lowest BCUT2D eigenvalue weighted by atomic mass is 9.74. The highest BCUT2D eigenvalue weighted by Crippen LogP contribution is 2.39. The van der Waals surface area contributed by atoms with Crippen molar-refractivity contribution in [2.24, 2.45) is 16.9 Å². The molecule has 0 radical (unpaired) electrons. The highest BCUT2D eigenvalue weighted by Gasteiger charge is 2.37. The topological polar surface area (TPSA) is 54.4 Å². The number of pyridine rings is 1. The number of aromatic nitrogens is 1. The summed E-state index contributed by atoms with van der Waals surface area (Å²) in [6.45, 7) is 0. The standard InChI is InChI=1S/C13H13N3O/c17-13(10-4-2-6-14-8-10)16-15-12-7-9-3-1-5-11(9)12/h1-4,6,8-9,11H,5,7H2,(H,16,17)/b15-12+/t9-,11-/m0/s1. The molecule has 4 heteroatoms. The molecule has 3 rings (SSSR count). The average Bonchev–Trinajstić information content (AvgIpc) is 2.72. The Labute approximate surface area is 99.4 Å². The first kappa shape index (κ1) is 10.2. The van der Waals surface area contributed by atoms with Crippen molar-refractivity contribution in [3.8, 4) is 0 Å². The Bertz CT molecular complexity index is 493. The summed E-state index contributed by atoms with van der Waals surface area (Å²) in [5, 5.41) is 4.20. The monoisotopic (exact) mass is 227 g/mol. The van der Waals surface area contributed by atoms with Gasteiger partial charge in [0.25, 0.3) is 5.91 Å². The van der Waals surface area contributed by atoms with E-state index in [1.807, 2.05) is 0 Å². The highest BCUT2D eigenvalue weighted by atomic mass is 16.2. The molecule has 86 valence electrons. The van der Waals surface area contributed by atoms with E-state index in [0.717, 1.165) is 18.6 Å². The van der Waals surface area contributed by atoms with Crippen LogP contribution in [0.25, 0.3) is 0 Å². The quantitative estimate of drug-likeness (QED) is 0.618. The molecule has 0 unspecified atom stereocenters. The Morgan fingerprint density at radius 3 is 3.24 bits per heavy atom. The molecule has 17 heavy (non-hydrogen) atoms. The maximum absolute atomic E-state index is 11.7. The van der Waals surface area contributed by atoms with E-state index in [9.17, 15) is 4.79 Å². The van der Waals surface area contributed by atoms with Gasteiger partial charge in [-0.1, -0.05) is 12.2 Å². The molecule has 1 aromatic rings. The second-order valence-corrected chi connectivity index (χ2v) is 4.42. The number of amides is 1. The van der Waals surface area contributed by atoms with Gasteiger partial charge in [-0.05, 0) is 30.9 Å². The van der Waals surface area contributed by atoms with Crippen LogP contribution in [-0.4, -0.2) is 16.6 Å². The van der Waals surface area contributed by atoms with E-state index < -0.39 is 0 Å². The zero-order chi connectivity index (χ0) is 11.7. The molecule has 0 aliphatic heterocycles. The van der Waals surface area contributed by atoms with Gasteiger partial charge in [-0.15, -0.1) is 0 Å². The molecule has 0 bridgehead atoms. The molecule has 0 spiro atoms. The summed E-state index contributed by atoms with van der Waals surface area (Å²) in [5.74, 6) is 0.994. The van der Waals surface area contributed by atoms with Crippen LogP contribution >= 0.6 is 0 Å². The third-order valence-electron chi connectivity index (χ3n) is 3.39. The van der Waals surface area contributed by atoms with Crippen LogP contribution in [0.15, 0.2) is 41.8 Å². The van der Waals surface area contributed by atoms with Crippen molar-refractivity contribution >= 4 is 11.6 Å². The first-order valence-electron chi connectivity index (χ1n) is 5.78. The number of rotatable bonds is 2. The van der Waals surface area contributed by atoms with Crippen LogP contribution in [0.2, 0.25) is 0 Å². The number of hydrogen-bond donors (Lipinski definition) is 1. The van der Waals surface area contributed by atoms with Crippen LogP contribution in [-0.2, 0) is 0 Å². The molecule has 4 nitrogen and oxygen atoms in total. The number of carbonyl (C=O) groups is 1. The van der Waals surface area contributed by atoms with E-state index in [0.29, 0.717) is 17.4 Å². The first-order valence-corrected chi connectivity index (χ1v) is 5.78. The van der Waals surface area contributed by atoms with Crippen LogP contribution in [0.3, 0.4) is 0 Å². The van der Waals surface area contributed by atoms with Gasteiger partial charge in [0.15, 0.2) is 0 Å². The summed E-state index contributed by atoms with van der Waals surface area (Å²) < 4.78 is 0. The van der Waals surface area contributed by atoms with Gasteiger partial charge in [-0.2, -0.15) is 5.10 Å². The summed E-state index contributed by atoms with van der Waals surface area (Å²) in [5.41, 5.74) is 4.24. The molecule has 1 heterocycles. The minimum Gasteiger partial charge on any atom is -0.267 e. The van der Waals surface area contributed by atoms with Crippen molar-refractivity contribution in [1.82, 2.24) is 10.4 Å². The van der Waals surface area contributed by atoms with Gasteiger partial charge >= 0.3 is 0 Å². The van der Waals surface area contributed by atoms with Gasteiger partial charge in [0, 0.05) is 24.0 Å². The van der Waals surface area contributed by atoms with Gasteiger partial charge in [-0.3, -0.25) is 9.78 Å². The van der Waals surface area contributed by atoms with Crippen LogP contribution in [0, 0.1) is 11.8 Å². The van der Waals surface area contributed by atoms with Crippen molar-refractivity contribution in [1.29, 1.82) is 0 Å². The normalized spacial score (nSPS) is 27.6. The van der Waals surface area contributed by atoms with Gasteiger partial charge in [0.05, 0.1) is 5.56 Å². The van der Waals surface area contributed by atoms with Gasteiger partial charge in [0.2, 0.25) is 0 Å². The molecule has 0 saturated heterocycles. The van der Waals surface area contributed by atoms with E-state index in [2.05, 4.69) is 27.7 Å². The van der Waals surface area contributed by atoms with Crippen LogP contribution < -0.4 is 5.43 Å². The minimum atomic E-state index is -0.194. The van der Waals surface area contributed by atoms with Crippen LogP contribution in [0.4, 0.5) is 0 Å². The molecule has 0 aromatic carbocycles. The van der Waals surface area contributed by atoms with Crippen molar-refractivity contribution in [3.05, 3.63) is 42.2 Å². The lowest BCUT2D eigenvalue weighted by molar-refractivity contribution is 0.0953. The number of nitrogens with zero attached hydrogens (tertiary/aromatic N) is 2. The van der Waals surface area contributed by atoms with Crippen molar-refractivity contribution in [2.75, 3.05) is 0 Å². The zero-order valence-corrected chi connectivity index (χ0v) is 9.34. The van der Waals surface area contributed by atoms with Gasteiger partial charge in [0.1, 0.15) is 0 Å². The second kappa shape index (κ2) is 4.13. The molecular formula is C13H13N3O. The molecule has 1 saturated carbocycles. The summed E-state index contributed by atoms with van der Waals surface area (Å²) >= 11 is 0. The van der Waals surface area contributed by atoms with E-state index in [1.54, 1.807) is 18.3 Å². The number of hydrazone groups is 1. The largest absolute Gasteiger partial charge is 0.272 e. The van der Waals surface area contributed by atoms with E-state index in [-0.39, 0.29) is 5.91 Å². The molecular weight excluding hydrogens is 214 g/mol. The maximum atomic E-state index is 11.7. The summed E-state index contributed by atoms with van der Waals surface area (Å²) in [4.78, 5) is 15.6. The molecule has 2 aliphatic carbocycles. The Hall–Kier alpha value is -1.97. The first-order chi connectivity index (χ1) is 8.34. The Balaban J connectivity index is 1.62. The molecule has 2 aliphatic rings. The summed E-state index contributed by atoms with van der Waals surface area (Å²) in [6, 6.07) is 3.46. The minimum absolute atomic E-state index is 0.194. The van der Waals surface area contributed by atoms with Crippen molar-refractivity contribution < 1.29 is 4.79 Å². The lowest BCUT2D eigenvalue weighted by Gasteiger charge is -2.31. The van der Waals surface area contributed by atoms with Crippen molar-refractivity contribution in [2.45, 2.75) is 12.8 Å². The van der Waals surface area contributed by atoms with Crippen LogP contribution in [0.1, 0.15) is 23.2 Å². The predicted molar refractivity (Wildman–Crippen MR) is 64.5 cm³/mol. The number of nitrogens with one attached hydrogen (secondary N) is 1. The third kappa shape index (κ3) is 1.86. The van der Waals surface area contributed by atoms with E-state index >= 15 is 0 Å². The Morgan fingerprint density at radius 2 is 2.47 bits per heavy atom. The summed E-state index contributed by atoms with van der Waals surface area (Å²) in [7, 11) is 0.